The van der Waals surface area contributed by atoms with Crippen LogP contribution >= 0.6 is 0 Å². The van der Waals surface area contributed by atoms with Crippen molar-refractivity contribution in [3.8, 4) is 5.75 Å². The molecule has 1 N–H and O–H groups in total. The minimum Gasteiger partial charge on any atom is -0.494 e. The highest BCUT2D eigenvalue weighted by Gasteiger charge is 2.14. The summed E-state index contributed by atoms with van der Waals surface area (Å²) < 4.78 is 5.14. The van der Waals surface area contributed by atoms with Gasteiger partial charge in [0.2, 0.25) is 5.91 Å². The molecule has 0 aromatic heterocycles. The van der Waals surface area contributed by atoms with Crippen molar-refractivity contribution in [2.75, 3.05) is 12.4 Å². The van der Waals surface area contributed by atoms with Gasteiger partial charge < -0.3 is 10.1 Å². The molecule has 0 aliphatic rings. The molecule has 0 saturated carbocycles. The number of amides is 1. The second-order valence-corrected chi connectivity index (χ2v) is 5.50. The number of benzene rings is 3. The third kappa shape index (κ3) is 3.58. The molecule has 3 aromatic rings. The van der Waals surface area contributed by atoms with Crippen LogP contribution in [0.3, 0.4) is 0 Å². The number of nitro benzene ring substituents is 1. The largest absolute Gasteiger partial charge is 0.494 e. The number of methoxy groups -OCH3 is 1. The molecular weight excluding hydrogens is 320 g/mol. The Labute approximate surface area is 144 Å². The van der Waals surface area contributed by atoms with Gasteiger partial charge in [0.15, 0.2) is 0 Å². The van der Waals surface area contributed by atoms with Crippen LogP contribution in [0.5, 0.6) is 5.75 Å². The fraction of sp³-hybridized carbons (Fsp3) is 0.105. The van der Waals surface area contributed by atoms with E-state index in [1.165, 1.54) is 25.3 Å². The maximum Gasteiger partial charge on any atom is 0.273 e. The van der Waals surface area contributed by atoms with Gasteiger partial charge >= 0.3 is 0 Å². The Morgan fingerprint density at radius 2 is 1.88 bits per heavy atom. The Balaban J connectivity index is 1.82. The van der Waals surface area contributed by atoms with Crippen molar-refractivity contribution in [2.45, 2.75) is 6.42 Å². The van der Waals surface area contributed by atoms with Crippen molar-refractivity contribution in [2.24, 2.45) is 0 Å². The van der Waals surface area contributed by atoms with Crippen LogP contribution < -0.4 is 10.1 Å². The van der Waals surface area contributed by atoms with Crippen LogP contribution in [0.25, 0.3) is 10.8 Å². The summed E-state index contributed by atoms with van der Waals surface area (Å²) in [5, 5.41) is 15.7. The number of fused-ring (bicyclic) bond motifs is 1. The van der Waals surface area contributed by atoms with Gasteiger partial charge in [-0.3, -0.25) is 14.9 Å². The van der Waals surface area contributed by atoms with E-state index >= 15 is 0 Å². The van der Waals surface area contributed by atoms with E-state index in [0.717, 1.165) is 16.3 Å². The smallest absolute Gasteiger partial charge is 0.273 e. The molecule has 3 rings (SSSR count). The maximum atomic E-state index is 12.4. The lowest BCUT2D eigenvalue weighted by molar-refractivity contribution is -0.384. The summed E-state index contributed by atoms with van der Waals surface area (Å²) in [5.41, 5.74) is 1.22. The first-order chi connectivity index (χ1) is 12.1. The Hall–Kier alpha value is -3.41. The van der Waals surface area contributed by atoms with Gasteiger partial charge in [-0.25, -0.2) is 0 Å². The molecule has 0 heterocycles. The van der Waals surface area contributed by atoms with Gasteiger partial charge in [-0.2, -0.15) is 0 Å². The number of ether oxygens (including phenoxy) is 1. The van der Waals surface area contributed by atoms with E-state index in [9.17, 15) is 14.9 Å². The normalized spacial score (nSPS) is 10.4. The van der Waals surface area contributed by atoms with Crippen molar-refractivity contribution in [3.05, 3.63) is 76.3 Å². The molecule has 0 radical (unpaired) electrons. The highest BCUT2D eigenvalue weighted by molar-refractivity contribution is 5.97. The van der Waals surface area contributed by atoms with Crippen molar-refractivity contribution in [1.82, 2.24) is 0 Å². The topological polar surface area (TPSA) is 81.5 Å². The first-order valence-corrected chi connectivity index (χ1v) is 7.67. The monoisotopic (exact) mass is 336 g/mol. The van der Waals surface area contributed by atoms with Gasteiger partial charge in [-0.05, 0) is 22.4 Å². The van der Waals surface area contributed by atoms with Crippen molar-refractivity contribution in [1.29, 1.82) is 0 Å². The minimum atomic E-state index is -0.510. The van der Waals surface area contributed by atoms with E-state index in [1.807, 2.05) is 42.5 Å². The second kappa shape index (κ2) is 7.00. The van der Waals surface area contributed by atoms with E-state index < -0.39 is 4.92 Å². The molecule has 25 heavy (non-hydrogen) atoms. The summed E-state index contributed by atoms with van der Waals surface area (Å²) >= 11 is 0. The Morgan fingerprint density at radius 1 is 1.12 bits per heavy atom. The number of non-ortho nitro benzene ring substituents is 1. The van der Waals surface area contributed by atoms with Gasteiger partial charge in [-0.15, -0.1) is 0 Å². The van der Waals surface area contributed by atoms with Crippen LogP contribution in [0.15, 0.2) is 60.7 Å². The minimum absolute atomic E-state index is 0.0936. The zero-order chi connectivity index (χ0) is 17.8. The molecule has 0 atom stereocenters. The zero-order valence-corrected chi connectivity index (χ0v) is 13.6. The fourth-order valence-corrected chi connectivity index (χ4v) is 2.71. The number of carbonyl (C=O) groups is 1. The summed E-state index contributed by atoms with van der Waals surface area (Å²) in [7, 11) is 1.40. The van der Waals surface area contributed by atoms with Gasteiger partial charge in [-0.1, -0.05) is 42.5 Å². The van der Waals surface area contributed by atoms with Gasteiger partial charge in [0.05, 0.1) is 30.2 Å². The van der Waals surface area contributed by atoms with Crippen molar-refractivity contribution < 1.29 is 14.5 Å². The molecule has 3 aromatic carbocycles. The first kappa shape index (κ1) is 16.4. The van der Waals surface area contributed by atoms with Crippen LogP contribution in [-0.4, -0.2) is 17.9 Å². The third-order valence-electron chi connectivity index (χ3n) is 3.90. The summed E-state index contributed by atoms with van der Waals surface area (Å²) in [6.07, 6.45) is 0.196. The molecule has 0 unspecified atom stereocenters. The number of hydrogen-bond donors (Lipinski definition) is 1. The molecule has 6 heteroatoms. The quantitative estimate of drug-likeness (QED) is 0.565. The van der Waals surface area contributed by atoms with E-state index in [1.54, 1.807) is 0 Å². The number of nitrogens with zero attached hydrogens (tertiary/aromatic N) is 1. The Morgan fingerprint density at radius 3 is 2.64 bits per heavy atom. The predicted molar refractivity (Wildman–Crippen MR) is 95.9 cm³/mol. The number of nitro groups is 1. The molecule has 126 valence electrons. The molecule has 0 aliphatic carbocycles. The van der Waals surface area contributed by atoms with E-state index in [0.29, 0.717) is 5.69 Å². The molecule has 6 nitrogen and oxygen atoms in total. The summed E-state index contributed by atoms with van der Waals surface area (Å²) in [4.78, 5) is 22.7. The molecule has 0 bridgehead atoms. The third-order valence-corrected chi connectivity index (χ3v) is 3.90. The molecule has 1 amide bonds. The maximum absolute atomic E-state index is 12.4. The average Bonchev–Trinajstić information content (AvgIpc) is 2.62. The first-order valence-electron chi connectivity index (χ1n) is 7.67. The molecule has 0 aliphatic heterocycles. The van der Waals surface area contributed by atoms with Crippen molar-refractivity contribution >= 4 is 28.1 Å². The Kier molecular flexibility index (Phi) is 4.61. The summed E-state index contributed by atoms with van der Waals surface area (Å²) in [5.74, 6) is 0.0315. The lowest BCUT2D eigenvalue weighted by Gasteiger charge is -2.11. The highest BCUT2D eigenvalue weighted by Crippen LogP contribution is 2.29. The van der Waals surface area contributed by atoms with E-state index in [2.05, 4.69) is 5.32 Å². The predicted octanol–water partition coefficient (Wildman–Crippen LogP) is 3.94. The van der Waals surface area contributed by atoms with Gasteiger partial charge in [0, 0.05) is 6.07 Å². The average molecular weight is 336 g/mol. The van der Waals surface area contributed by atoms with E-state index in [4.69, 9.17) is 4.74 Å². The standard InChI is InChI=1S/C19H16N2O4/c1-25-18-12-15(21(23)24)9-10-17(18)20-19(22)11-14-7-4-6-13-5-2-3-8-16(13)14/h2-10,12H,11H2,1H3,(H,20,22). The van der Waals surface area contributed by atoms with Crippen LogP contribution in [0.4, 0.5) is 11.4 Å². The Bertz CT molecular complexity index is 948. The summed E-state index contributed by atoms with van der Waals surface area (Å²) in [6.45, 7) is 0. The van der Waals surface area contributed by atoms with Crippen LogP contribution in [0, 0.1) is 10.1 Å². The van der Waals surface area contributed by atoms with E-state index in [-0.39, 0.29) is 23.8 Å². The zero-order valence-electron chi connectivity index (χ0n) is 13.6. The molecule has 0 fully saturated rings. The number of hydrogen-bond acceptors (Lipinski definition) is 4. The number of nitrogens with one attached hydrogen (secondary N) is 1. The lowest BCUT2D eigenvalue weighted by atomic mass is 10.0. The number of carbonyl (C=O) groups excluding carboxylic acids is 1. The van der Waals surface area contributed by atoms with Crippen LogP contribution in [-0.2, 0) is 11.2 Å². The molecule has 0 spiro atoms. The summed E-state index contributed by atoms with van der Waals surface area (Å²) in [6, 6.07) is 17.8. The van der Waals surface area contributed by atoms with Crippen molar-refractivity contribution in [3.63, 3.8) is 0 Å². The fourth-order valence-electron chi connectivity index (χ4n) is 2.71. The van der Waals surface area contributed by atoms with Crippen LogP contribution in [0.2, 0.25) is 0 Å². The van der Waals surface area contributed by atoms with Gasteiger partial charge in [0.1, 0.15) is 5.75 Å². The van der Waals surface area contributed by atoms with Gasteiger partial charge in [0.25, 0.3) is 5.69 Å². The number of anilines is 1. The molecule has 0 saturated heterocycles. The molecular formula is C19H16N2O4. The SMILES string of the molecule is COc1cc([N+](=O)[O-])ccc1NC(=O)Cc1cccc2ccccc12. The second-order valence-electron chi connectivity index (χ2n) is 5.50. The highest BCUT2D eigenvalue weighted by atomic mass is 16.6. The lowest BCUT2D eigenvalue weighted by Crippen LogP contribution is -2.15. The van der Waals surface area contributed by atoms with Crippen LogP contribution in [0.1, 0.15) is 5.56 Å². The number of rotatable bonds is 5.